The van der Waals surface area contributed by atoms with E-state index < -0.39 is 5.82 Å². The highest BCUT2D eigenvalue weighted by atomic mass is 35.5. The zero-order valence-electron chi connectivity index (χ0n) is 17.3. The summed E-state index contributed by atoms with van der Waals surface area (Å²) in [6, 6.07) is 4.05. The van der Waals surface area contributed by atoms with Gasteiger partial charge in [-0.15, -0.1) is 0 Å². The molecule has 5 rings (SSSR count). The minimum absolute atomic E-state index is 0.00118. The lowest BCUT2D eigenvalue weighted by Crippen LogP contribution is -2.67. The van der Waals surface area contributed by atoms with Crippen molar-refractivity contribution in [1.29, 1.82) is 0 Å². The summed E-state index contributed by atoms with van der Waals surface area (Å²) in [6.07, 6.45) is 3.67. The number of carbonyl (C=O) groups is 2. The van der Waals surface area contributed by atoms with E-state index in [4.69, 9.17) is 20.9 Å². The van der Waals surface area contributed by atoms with Gasteiger partial charge >= 0.3 is 11.8 Å². The third-order valence-electron chi connectivity index (χ3n) is 6.49. The minimum Gasteiger partial charge on any atom is -0.484 e. The number of ether oxygens (including phenoxy) is 1. The van der Waals surface area contributed by atoms with E-state index in [1.807, 2.05) is 0 Å². The number of aryl methyl sites for hydroxylation is 1. The molecule has 2 amide bonds. The summed E-state index contributed by atoms with van der Waals surface area (Å²) in [6.45, 7) is 3.52. The molecule has 0 saturated heterocycles. The molecular formula is C21H24ClFN4O4. The van der Waals surface area contributed by atoms with Crippen LogP contribution in [-0.4, -0.2) is 39.6 Å². The third kappa shape index (κ3) is 4.37. The average Bonchev–Trinajstić information content (AvgIpc) is 3.17. The van der Waals surface area contributed by atoms with Gasteiger partial charge in [0.2, 0.25) is 0 Å². The maximum Gasteiger partial charge on any atom is 0.315 e. The van der Waals surface area contributed by atoms with Gasteiger partial charge in [0.05, 0.1) is 5.02 Å². The fourth-order valence-corrected chi connectivity index (χ4v) is 4.91. The molecule has 0 spiro atoms. The minimum atomic E-state index is -0.597. The third-order valence-corrected chi connectivity index (χ3v) is 6.80. The van der Waals surface area contributed by atoms with Crippen LogP contribution in [0, 0.1) is 18.7 Å². The lowest BCUT2D eigenvalue weighted by molar-refractivity contribution is -0.128. The van der Waals surface area contributed by atoms with Gasteiger partial charge in [0.1, 0.15) is 11.6 Å². The van der Waals surface area contributed by atoms with Gasteiger partial charge in [0, 0.05) is 17.1 Å². The molecule has 10 heteroatoms. The van der Waals surface area contributed by atoms with E-state index in [0.29, 0.717) is 5.82 Å². The fraction of sp³-hybridized carbons (Fsp3) is 0.524. The predicted octanol–water partition coefficient (Wildman–Crippen LogP) is 3.19. The maximum absolute atomic E-state index is 13.5. The topological polar surface area (TPSA) is 106 Å². The Morgan fingerprint density at radius 3 is 2.65 bits per heavy atom. The van der Waals surface area contributed by atoms with Crippen molar-refractivity contribution in [1.82, 2.24) is 20.8 Å². The normalized spacial score (nSPS) is 27.0. The number of hydrogen-bond acceptors (Lipinski definition) is 6. The van der Waals surface area contributed by atoms with E-state index in [0.717, 1.165) is 38.2 Å². The first-order valence-electron chi connectivity index (χ1n) is 10.2. The lowest BCUT2D eigenvalue weighted by atomic mass is 9.56. The zero-order valence-corrected chi connectivity index (χ0v) is 18.1. The highest BCUT2D eigenvalue weighted by molar-refractivity contribution is 6.30. The maximum atomic E-state index is 13.5. The summed E-state index contributed by atoms with van der Waals surface area (Å²) >= 11 is 5.66. The molecule has 1 atom stereocenters. The second-order valence-corrected chi connectivity index (χ2v) is 8.96. The average molecular weight is 451 g/mol. The van der Waals surface area contributed by atoms with Crippen LogP contribution in [0.3, 0.4) is 0 Å². The van der Waals surface area contributed by atoms with Gasteiger partial charge in [0.15, 0.2) is 12.4 Å². The summed E-state index contributed by atoms with van der Waals surface area (Å²) in [5.41, 5.74) is -0.693. The van der Waals surface area contributed by atoms with Crippen molar-refractivity contribution in [2.24, 2.45) is 5.92 Å². The van der Waals surface area contributed by atoms with Crippen LogP contribution < -0.4 is 15.4 Å². The van der Waals surface area contributed by atoms with Crippen molar-refractivity contribution in [3.05, 3.63) is 40.8 Å². The molecule has 3 aliphatic carbocycles. The Morgan fingerprint density at radius 2 is 2.03 bits per heavy atom. The molecule has 3 aliphatic rings. The Kier molecular flexibility index (Phi) is 5.63. The molecule has 3 fully saturated rings. The van der Waals surface area contributed by atoms with Gasteiger partial charge in [-0.2, -0.15) is 4.98 Å². The number of carbonyl (C=O) groups excluding carboxylic acids is 2. The monoisotopic (exact) mass is 450 g/mol. The molecule has 0 radical (unpaired) electrons. The van der Waals surface area contributed by atoms with Crippen LogP contribution in [0.25, 0.3) is 0 Å². The van der Waals surface area contributed by atoms with Crippen LogP contribution in [0.4, 0.5) is 4.39 Å². The fourth-order valence-electron chi connectivity index (χ4n) is 4.79. The second-order valence-electron chi connectivity index (χ2n) is 8.56. The number of fused-ring (bicyclic) bond motifs is 3. The standard InChI is InChI=1S/C21H24ClFN4O4/c1-12-10-20(26-18(29)19-24-13(2)27-31-19)5-7-21(12,8-6-20)25-17(28)11-30-14-3-4-15(22)16(23)9-14/h3-4,9,12H,5-8,10-11H2,1-2H3,(H,25,28)(H,26,29)/t12-,20?,21?/m0/s1. The number of amides is 2. The van der Waals surface area contributed by atoms with E-state index >= 15 is 0 Å². The van der Waals surface area contributed by atoms with Gasteiger partial charge < -0.3 is 19.9 Å². The Bertz CT molecular complexity index is 1000. The van der Waals surface area contributed by atoms with E-state index in [9.17, 15) is 14.0 Å². The summed E-state index contributed by atoms with van der Waals surface area (Å²) in [7, 11) is 0. The van der Waals surface area contributed by atoms with Gasteiger partial charge in [-0.1, -0.05) is 23.7 Å². The van der Waals surface area contributed by atoms with Crippen molar-refractivity contribution < 1.29 is 23.2 Å². The molecular weight excluding hydrogens is 427 g/mol. The van der Waals surface area contributed by atoms with E-state index in [1.54, 1.807) is 6.92 Å². The summed E-state index contributed by atoms with van der Waals surface area (Å²) in [5.74, 6) is -0.457. The van der Waals surface area contributed by atoms with Crippen LogP contribution in [0.2, 0.25) is 5.02 Å². The summed E-state index contributed by atoms with van der Waals surface area (Å²) < 4.78 is 23.9. The van der Waals surface area contributed by atoms with Crippen LogP contribution in [0.15, 0.2) is 22.7 Å². The van der Waals surface area contributed by atoms with Crippen molar-refractivity contribution >= 4 is 23.4 Å². The molecule has 3 saturated carbocycles. The molecule has 166 valence electrons. The smallest absolute Gasteiger partial charge is 0.315 e. The number of hydrogen-bond donors (Lipinski definition) is 2. The van der Waals surface area contributed by atoms with Crippen molar-refractivity contribution in [3.63, 3.8) is 0 Å². The molecule has 1 aromatic heterocycles. The van der Waals surface area contributed by atoms with Gasteiger partial charge in [-0.05, 0) is 57.1 Å². The number of halogens is 2. The van der Waals surface area contributed by atoms with Crippen molar-refractivity contribution in [2.45, 2.75) is 57.0 Å². The largest absolute Gasteiger partial charge is 0.484 e. The molecule has 2 bridgehead atoms. The second kappa shape index (κ2) is 8.11. The molecule has 1 heterocycles. The number of aromatic nitrogens is 2. The SMILES string of the molecule is Cc1noc(C(=O)NC23CCC(NC(=O)COc4ccc(Cl)c(F)c4)(CC2)[C@@H](C)C3)n1. The molecule has 31 heavy (non-hydrogen) atoms. The number of nitrogens with zero attached hydrogens (tertiary/aromatic N) is 2. The molecule has 1 aromatic carbocycles. The molecule has 8 nitrogen and oxygen atoms in total. The molecule has 2 aromatic rings. The highest BCUT2D eigenvalue weighted by Gasteiger charge is 2.54. The first kappa shape index (κ1) is 21.5. The van der Waals surface area contributed by atoms with E-state index in [2.05, 4.69) is 27.7 Å². The quantitative estimate of drug-likeness (QED) is 0.700. The predicted molar refractivity (Wildman–Crippen MR) is 109 cm³/mol. The number of rotatable bonds is 6. The van der Waals surface area contributed by atoms with Gasteiger partial charge in [0.25, 0.3) is 5.91 Å². The van der Waals surface area contributed by atoms with Crippen LogP contribution >= 0.6 is 11.6 Å². The van der Waals surface area contributed by atoms with Gasteiger partial charge in [-0.25, -0.2) is 4.39 Å². The Morgan fingerprint density at radius 1 is 1.29 bits per heavy atom. The van der Waals surface area contributed by atoms with Crippen molar-refractivity contribution in [3.8, 4) is 5.75 Å². The van der Waals surface area contributed by atoms with Crippen LogP contribution in [0.1, 0.15) is 55.5 Å². The summed E-state index contributed by atoms with van der Waals surface area (Å²) in [4.78, 5) is 29.1. The van der Waals surface area contributed by atoms with Gasteiger partial charge in [-0.3, -0.25) is 9.59 Å². The molecule has 0 unspecified atom stereocenters. The zero-order chi connectivity index (χ0) is 22.2. The van der Waals surface area contributed by atoms with E-state index in [1.165, 1.54) is 12.1 Å². The first-order chi connectivity index (χ1) is 14.7. The lowest BCUT2D eigenvalue weighted by Gasteiger charge is -2.57. The number of nitrogens with one attached hydrogen (secondary N) is 2. The molecule has 2 N–H and O–H groups in total. The van der Waals surface area contributed by atoms with Crippen LogP contribution in [-0.2, 0) is 4.79 Å². The van der Waals surface area contributed by atoms with Crippen LogP contribution in [0.5, 0.6) is 5.75 Å². The van der Waals surface area contributed by atoms with Crippen molar-refractivity contribution in [2.75, 3.05) is 6.61 Å². The Balaban J connectivity index is 1.34. The first-order valence-corrected chi connectivity index (χ1v) is 10.6. The highest BCUT2D eigenvalue weighted by Crippen LogP contribution is 2.50. The summed E-state index contributed by atoms with van der Waals surface area (Å²) in [5, 5.41) is 9.88. The Hall–Kier alpha value is -2.68. The van der Waals surface area contributed by atoms with E-state index in [-0.39, 0.29) is 52.1 Å². The Labute approximate surface area is 183 Å². The molecule has 0 aliphatic heterocycles. The number of benzene rings is 1.